The molecule has 0 bridgehead atoms. The third-order valence-corrected chi connectivity index (χ3v) is 4.33. The Morgan fingerprint density at radius 3 is 2.60 bits per heavy atom. The van der Waals surface area contributed by atoms with Crippen molar-refractivity contribution in [3.63, 3.8) is 0 Å². The molecule has 1 atom stereocenters. The zero-order chi connectivity index (χ0) is 14.7. The topological polar surface area (TPSA) is 29.1 Å². The van der Waals surface area contributed by atoms with Crippen LogP contribution in [0.25, 0.3) is 0 Å². The molecule has 1 amide bonds. The predicted octanol–water partition coefficient (Wildman–Crippen LogP) is 5.25. The van der Waals surface area contributed by atoms with Gasteiger partial charge in [0.2, 0.25) is 0 Å². The van der Waals surface area contributed by atoms with Gasteiger partial charge < -0.3 is 5.32 Å². The first-order valence-corrected chi connectivity index (χ1v) is 7.53. The number of halogens is 3. The molecule has 2 aromatic rings. The van der Waals surface area contributed by atoms with Crippen molar-refractivity contribution < 1.29 is 4.79 Å². The quantitative estimate of drug-likeness (QED) is 0.783. The van der Waals surface area contributed by atoms with Crippen LogP contribution in [0.5, 0.6) is 0 Å². The van der Waals surface area contributed by atoms with Crippen LogP contribution < -0.4 is 5.32 Å². The van der Waals surface area contributed by atoms with E-state index in [1.165, 1.54) is 0 Å². The fourth-order valence-corrected chi connectivity index (χ4v) is 2.47. The summed E-state index contributed by atoms with van der Waals surface area (Å²) in [7, 11) is 0. The summed E-state index contributed by atoms with van der Waals surface area (Å²) < 4.78 is 0.697. The first-order valence-electron chi connectivity index (χ1n) is 5.99. The van der Waals surface area contributed by atoms with Crippen molar-refractivity contribution in [2.45, 2.75) is 13.0 Å². The second-order valence-electron chi connectivity index (χ2n) is 4.38. The van der Waals surface area contributed by atoms with Crippen molar-refractivity contribution in [1.29, 1.82) is 0 Å². The van der Waals surface area contributed by atoms with Crippen LogP contribution in [0.2, 0.25) is 10.0 Å². The molecular weight excluding hydrogens is 361 g/mol. The van der Waals surface area contributed by atoms with Crippen LogP contribution in [0.4, 0.5) is 0 Å². The van der Waals surface area contributed by atoms with E-state index >= 15 is 0 Å². The maximum atomic E-state index is 12.2. The summed E-state index contributed by atoms with van der Waals surface area (Å²) in [6.45, 7) is 1.91. The first-order chi connectivity index (χ1) is 9.47. The molecule has 104 valence electrons. The number of hydrogen-bond donors (Lipinski definition) is 1. The van der Waals surface area contributed by atoms with Gasteiger partial charge in [0.1, 0.15) is 0 Å². The molecule has 0 aliphatic rings. The van der Waals surface area contributed by atoms with Gasteiger partial charge in [-0.1, -0.05) is 35.3 Å². The Bertz CT molecular complexity index is 646. The van der Waals surface area contributed by atoms with Crippen LogP contribution in [0.1, 0.15) is 28.9 Å². The summed E-state index contributed by atoms with van der Waals surface area (Å²) in [6.07, 6.45) is 0. The predicted molar refractivity (Wildman–Crippen MR) is 86.5 cm³/mol. The van der Waals surface area contributed by atoms with Crippen LogP contribution in [0.15, 0.2) is 46.9 Å². The van der Waals surface area contributed by atoms with E-state index in [0.29, 0.717) is 20.1 Å². The van der Waals surface area contributed by atoms with Gasteiger partial charge in [-0.15, -0.1) is 0 Å². The lowest BCUT2D eigenvalue weighted by Gasteiger charge is -2.15. The molecule has 0 aromatic heterocycles. The highest BCUT2D eigenvalue weighted by Gasteiger charge is 2.12. The van der Waals surface area contributed by atoms with E-state index in [-0.39, 0.29) is 11.9 Å². The first kappa shape index (κ1) is 15.4. The Balaban J connectivity index is 2.13. The van der Waals surface area contributed by atoms with E-state index < -0.39 is 0 Å². The van der Waals surface area contributed by atoms with Gasteiger partial charge in [-0.3, -0.25) is 4.79 Å². The molecule has 5 heteroatoms. The number of carbonyl (C=O) groups is 1. The van der Waals surface area contributed by atoms with Gasteiger partial charge in [0.15, 0.2) is 0 Å². The Morgan fingerprint density at radius 2 is 1.95 bits per heavy atom. The van der Waals surface area contributed by atoms with Crippen LogP contribution in [0, 0.1) is 0 Å². The number of carbonyl (C=O) groups excluding carboxylic acids is 1. The van der Waals surface area contributed by atoms with Crippen LogP contribution in [-0.2, 0) is 0 Å². The Kier molecular flexibility index (Phi) is 5.08. The van der Waals surface area contributed by atoms with E-state index in [4.69, 9.17) is 23.2 Å². The summed E-state index contributed by atoms with van der Waals surface area (Å²) >= 11 is 15.2. The minimum absolute atomic E-state index is 0.129. The molecule has 1 N–H and O–H groups in total. The summed E-state index contributed by atoms with van der Waals surface area (Å²) in [6, 6.07) is 12.4. The van der Waals surface area contributed by atoms with Crippen molar-refractivity contribution in [3.8, 4) is 0 Å². The highest BCUT2D eigenvalue weighted by atomic mass is 79.9. The average molecular weight is 373 g/mol. The summed E-state index contributed by atoms with van der Waals surface area (Å²) in [5.41, 5.74) is 1.51. The molecule has 0 spiro atoms. The molecule has 2 aromatic carbocycles. The van der Waals surface area contributed by atoms with E-state index in [1.54, 1.807) is 24.3 Å². The van der Waals surface area contributed by atoms with E-state index in [1.807, 2.05) is 25.1 Å². The lowest BCUT2D eigenvalue weighted by atomic mass is 10.1. The Labute approximate surface area is 136 Å². The van der Waals surface area contributed by atoms with Crippen molar-refractivity contribution in [3.05, 3.63) is 68.1 Å². The number of hydrogen-bond acceptors (Lipinski definition) is 1. The lowest BCUT2D eigenvalue weighted by Crippen LogP contribution is -2.26. The molecule has 0 aliphatic carbocycles. The monoisotopic (exact) mass is 371 g/mol. The molecule has 0 saturated heterocycles. The van der Waals surface area contributed by atoms with Gasteiger partial charge in [0.25, 0.3) is 5.91 Å². The molecule has 0 radical (unpaired) electrons. The fourth-order valence-electron chi connectivity index (χ4n) is 1.78. The molecule has 0 fully saturated rings. The maximum absolute atomic E-state index is 12.2. The second kappa shape index (κ2) is 6.61. The van der Waals surface area contributed by atoms with Gasteiger partial charge >= 0.3 is 0 Å². The smallest absolute Gasteiger partial charge is 0.251 e. The molecule has 2 rings (SSSR count). The molecule has 0 unspecified atom stereocenters. The summed E-state index contributed by atoms with van der Waals surface area (Å²) in [4.78, 5) is 12.2. The van der Waals surface area contributed by atoms with Crippen molar-refractivity contribution in [2.75, 3.05) is 0 Å². The number of amides is 1. The normalized spacial score (nSPS) is 12.0. The fraction of sp³-hybridized carbons (Fsp3) is 0.133. The van der Waals surface area contributed by atoms with Gasteiger partial charge in [-0.25, -0.2) is 0 Å². The Morgan fingerprint density at radius 1 is 1.20 bits per heavy atom. The van der Waals surface area contributed by atoms with Gasteiger partial charge in [0.05, 0.1) is 11.1 Å². The highest BCUT2D eigenvalue weighted by molar-refractivity contribution is 9.10. The summed E-state index contributed by atoms with van der Waals surface area (Å²) in [5.74, 6) is -0.158. The van der Waals surface area contributed by atoms with Gasteiger partial charge in [0, 0.05) is 15.1 Å². The Hall–Kier alpha value is -1.03. The molecular formula is C15H12BrCl2NO. The van der Waals surface area contributed by atoms with E-state index in [0.717, 1.165) is 5.56 Å². The second-order valence-corrected chi connectivity index (χ2v) is 6.08. The lowest BCUT2D eigenvalue weighted by molar-refractivity contribution is 0.0940. The minimum Gasteiger partial charge on any atom is -0.346 e. The standard InChI is InChI=1S/C15H12BrCl2NO/c1-9(10-3-2-4-12(17)7-10)19-15(20)11-5-6-14(18)13(16)8-11/h2-9H,1H3,(H,19,20)/t9-/m1/s1. The SMILES string of the molecule is C[C@@H](NC(=O)c1ccc(Cl)c(Br)c1)c1cccc(Cl)c1. The molecule has 2 nitrogen and oxygen atoms in total. The van der Waals surface area contributed by atoms with Gasteiger partial charge in [-0.05, 0) is 58.7 Å². The molecule has 0 aliphatic heterocycles. The number of nitrogens with one attached hydrogen (secondary N) is 1. The summed E-state index contributed by atoms with van der Waals surface area (Å²) in [5, 5.41) is 4.15. The van der Waals surface area contributed by atoms with Crippen molar-refractivity contribution in [2.24, 2.45) is 0 Å². The number of rotatable bonds is 3. The zero-order valence-electron chi connectivity index (χ0n) is 10.7. The van der Waals surface area contributed by atoms with Gasteiger partial charge in [-0.2, -0.15) is 0 Å². The van der Waals surface area contributed by atoms with Crippen LogP contribution >= 0.6 is 39.1 Å². The molecule has 20 heavy (non-hydrogen) atoms. The zero-order valence-corrected chi connectivity index (χ0v) is 13.8. The van der Waals surface area contributed by atoms with E-state index in [9.17, 15) is 4.79 Å². The molecule has 0 saturated carbocycles. The highest BCUT2D eigenvalue weighted by Crippen LogP contribution is 2.24. The minimum atomic E-state index is -0.158. The third-order valence-electron chi connectivity index (χ3n) is 2.88. The molecule has 0 heterocycles. The largest absolute Gasteiger partial charge is 0.346 e. The van der Waals surface area contributed by atoms with Crippen molar-refractivity contribution >= 4 is 45.0 Å². The van der Waals surface area contributed by atoms with Crippen molar-refractivity contribution in [1.82, 2.24) is 5.32 Å². The number of benzene rings is 2. The van der Waals surface area contributed by atoms with E-state index in [2.05, 4.69) is 21.2 Å². The maximum Gasteiger partial charge on any atom is 0.251 e. The van der Waals surface area contributed by atoms with Crippen LogP contribution in [0.3, 0.4) is 0 Å². The third kappa shape index (κ3) is 3.75. The van der Waals surface area contributed by atoms with Crippen LogP contribution in [-0.4, -0.2) is 5.91 Å². The average Bonchev–Trinajstić information content (AvgIpc) is 2.41.